The molecule has 2 heterocycles. The van der Waals surface area contributed by atoms with E-state index in [0.29, 0.717) is 0 Å². The molecule has 0 spiro atoms. The van der Waals surface area contributed by atoms with Gasteiger partial charge in [0.15, 0.2) is 0 Å². The summed E-state index contributed by atoms with van der Waals surface area (Å²) < 4.78 is 6.09. The van der Waals surface area contributed by atoms with Crippen LogP contribution in [-0.4, -0.2) is 9.97 Å². The van der Waals surface area contributed by atoms with Gasteiger partial charge in [-0.05, 0) is 36.2 Å². The minimum absolute atomic E-state index is 0.741. The molecule has 4 aromatic carbocycles. The smallest absolute Gasteiger partial charge is 0.136 e. The molecular weight excluding hydrogens is 392 g/mol. The van der Waals surface area contributed by atoms with E-state index in [2.05, 4.69) is 66.7 Å². The van der Waals surface area contributed by atoms with Crippen molar-refractivity contribution in [3.05, 3.63) is 109 Å². The zero-order chi connectivity index (χ0) is 21.5. The average molecular weight is 412 g/mol. The number of fused-ring (bicyclic) bond motifs is 3. The molecule has 3 nitrogen and oxygen atoms in total. The Morgan fingerprint density at radius 3 is 2.03 bits per heavy atom. The Kier molecular flexibility index (Phi) is 4.32. The average Bonchev–Trinajstić information content (AvgIpc) is 3.23. The van der Waals surface area contributed by atoms with Gasteiger partial charge in [0.2, 0.25) is 0 Å². The summed E-state index contributed by atoms with van der Waals surface area (Å²) in [6.07, 6.45) is 0. The Hall–Kier alpha value is -4.24. The molecule has 0 saturated carbocycles. The molecule has 0 bridgehead atoms. The van der Waals surface area contributed by atoms with E-state index in [0.717, 1.165) is 55.8 Å². The summed E-state index contributed by atoms with van der Waals surface area (Å²) >= 11 is 0. The highest BCUT2D eigenvalue weighted by Gasteiger charge is 2.16. The van der Waals surface area contributed by atoms with Crippen molar-refractivity contribution in [1.29, 1.82) is 0 Å². The van der Waals surface area contributed by atoms with Gasteiger partial charge < -0.3 is 4.42 Å². The van der Waals surface area contributed by atoms with Crippen LogP contribution in [0.1, 0.15) is 5.82 Å². The Bertz CT molecular complexity index is 1580. The van der Waals surface area contributed by atoms with Crippen molar-refractivity contribution in [3.63, 3.8) is 0 Å². The third kappa shape index (κ3) is 3.07. The van der Waals surface area contributed by atoms with Crippen LogP contribution in [0.4, 0.5) is 0 Å². The molecule has 0 amide bonds. The molecule has 32 heavy (non-hydrogen) atoms. The van der Waals surface area contributed by atoms with E-state index in [1.165, 1.54) is 5.56 Å². The molecule has 6 aromatic rings. The molecule has 152 valence electrons. The fraction of sp³-hybridized carbons (Fsp3) is 0.0345. The molecular formula is C29H20N2O. The first-order valence-electron chi connectivity index (χ1n) is 10.7. The summed E-state index contributed by atoms with van der Waals surface area (Å²) in [5.41, 5.74) is 8.03. The lowest BCUT2D eigenvalue weighted by molar-refractivity contribution is 0.669. The van der Waals surface area contributed by atoms with E-state index in [1.54, 1.807) is 0 Å². The second-order valence-electron chi connectivity index (χ2n) is 7.87. The molecule has 0 atom stereocenters. The number of hydrogen-bond acceptors (Lipinski definition) is 3. The molecule has 0 aliphatic carbocycles. The first-order valence-corrected chi connectivity index (χ1v) is 10.7. The number of aromatic nitrogens is 2. The molecule has 0 N–H and O–H groups in total. The van der Waals surface area contributed by atoms with Gasteiger partial charge in [-0.25, -0.2) is 9.97 Å². The second-order valence-corrected chi connectivity index (χ2v) is 7.87. The van der Waals surface area contributed by atoms with Gasteiger partial charge in [-0.1, -0.05) is 84.9 Å². The monoisotopic (exact) mass is 412 g/mol. The minimum atomic E-state index is 0.741. The van der Waals surface area contributed by atoms with Gasteiger partial charge in [-0.15, -0.1) is 0 Å². The molecule has 6 rings (SSSR count). The van der Waals surface area contributed by atoms with Crippen molar-refractivity contribution in [3.8, 4) is 33.6 Å². The lowest BCUT2D eigenvalue weighted by Gasteiger charge is -2.12. The zero-order valence-electron chi connectivity index (χ0n) is 17.6. The van der Waals surface area contributed by atoms with Gasteiger partial charge in [0.05, 0.1) is 11.4 Å². The molecule has 0 saturated heterocycles. The highest BCUT2D eigenvalue weighted by Crippen LogP contribution is 2.38. The van der Waals surface area contributed by atoms with Crippen molar-refractivity contribution < 1.29 is 4.42 Å². The quantitative estimate of drug-likeness (QED) is 0.299. The van der Waals surface area contributed by atoms with E-state index < -0.39 is 0 Å². The van der Waals surface area contributed by atoms with Gasteiger partial charge in [0, 0.05) is 21.9 Å². The van der Waals surface area contributed by atoms with Crippen LogP contribution >= 0.6 is 0 Å². The summed E-state index contributed by atoms with van der Waals surface area (Å²) in [5, 5.41) is 2.18. The van der Waals surface area contributed by atoms with E-state index in [9.17, 15) is 0 Å². The third-order valence-corrected chi connectivity index (χ3v) is 5.80. The largest absolute Gasteiger partial charge is 0.456 e. The maximum atomic E-state index is 6.09. The van der Waals surface area contributed by atoms with Crippen LogP contribution in [0.3, 0.4) is 0 Å². The summed E-state index contributed by atoms with van der Waals surface area (Å²) in [6.45, 7) is 1.95. The maximum absolute atomic E-state index is 6.09. The lowest BCUT2D eigenvalue weighted by atomic mass is 9.96. The number of nitrogens with zero attached hydrogens (tertiary/aromatic N) is 2. The Morgan fingerprint density at radius 1 is 0.562 bits per heavy atom. The Morgan fingerprint density at radius 2 is 1.19 bits per heavy atom. The first-order chi connectivity index (χ1) is 15.8. The fourth-order valence-corrected chi connectivity index (χ4v) is 4.41. The first kappa shape index (κ1) is 18.5. The molecule has 3 heteroatoms. The van der Waals surface area contributed by atoms with Crippen molar-refractivity contribution in [2.45, 2.75) is 6.92 Å². The number of aryl methyl sites for hydroxylation is 1. The fourth-order valence-electron chi connectivity index (χ4n) is 4.41. The van der Waals surface area contributed by atoms with Crippen LogP contribution in [0.5, 0.6) is 0 Å². The molecule has 0 fully saturated rings. The molecule has 0 aliphatic heterocycles. The van der Waals surface area contributed by atoms with Crippen molar-refractivity contribution in [2.24, 2.45) is 0 Å². The van der Waals surface area contributed by atoms with Crippen molar-refractivity contribution >= 4 is 21.9 Å². The van der Waals surface area contributed by atoms with Crippen LogP contribution in [0, 0.1) is 6.92 Å². The predicted octanol–water partition coefficient (Wildman–Crippen LogP) is 7.69. The van der Waals surface area contributed by atoms with E-state index in [4.69, 9.17) is 14.4 Å². The topological polar surface area (TPSA) is 38.9 Å². The summed E-state index contributed by atoms with van der Waals surface area (Å²) in [7, 11) is 0. The van der Waals surface area contributed by atoms with E-state index in [-0.39, 0.29) is 0 Å². The van der Waals surface area contributed by atoms with Crippen LogP contribution in [0.25, 0.3) is 55.6 Å². The van der Waals surface area contributed by atoms with Gasteiger partial charge in [-0.2, -0.15) is 0 Å². The van der Waals surface area contributed by atoms with Gasteiger partial charge in [-0.3, -0.25) is 0 Å². The number of furan rings is 1. The summed E-state index contributed by atoms with van der Waals surface area (Å²) in [4.78, 5) is 9.63. The molecule has 0 radical (unpaired) electrons. The maximum Gasteiger partial charge on any atom is 0.136 e. The van der Waals surface area contributed by atoms with Crippen LogP contribution in [0.15, 0.2) is 108 Å². The van der Waals surface area contributed by atoms with Crippen LogP contribution in [-0.2, 0) is 0 Å². The number of hydrogen-bond donors (Lipinski definition) is 0. The summed E-state index contributed by atoms with van der Waals surface area (Å²) in [5.74, 6) is 0.741. The highest BCUT2D eigenvalue weighted by molar-refractivity contribution is 6.12. The van der Waals surface area contributed by atoms with Gasteiger partial charge >= 0.3 is 0 Å². The standard InChI is InChI=1S/C29H20N2O/c1-19-30-25(22-13-6-5-12-21(22)20-10-3-2-4-11-20)18-26(31-19)23-15-9-17-28-29(23)24-14-7-8-16-27(24)32-28/h2-18H,1H3. The van der Waals surface area contributed by atoms with E-state index in [1.807, 2.05) is 43.3 Å². The number of benzene rings is 4. The SMILES string of the molecule is Cc1nc(-c2ccccc2-c2ccccc2)cc(-c2cccc3oc4ccccc4c23)n1. The molecule has 0 unspecified atom stereocenters. The van der Waals surface area contributed by atoms with Crippen molar-refractivity contribution in [2.75, 3.05) is 0 Å². The molecule has 2 aromatic heterocycles. The Balaban J connectivity index is 1.59. The number of rotatable bonds is 3. The van der Waals surface area contributed by atoms with Gasteiger partial charge in [0.25, 0.3) is 0 Å². The Labute approximate surface area is 186 Å². The lowest BCUT2D eigenvalue weighted by Crippen LogP contribution is -1.96. The second kappa shape index (κ2) is 7.47. The van der Waals surface area contributed by atoms with Crippen LogP contribution in [0.2, 0.25) is 0 Å². The van der Waals surface area contributed by atoms with E-state index >= 15 is 0 Å². The van der Waals surface area contributed by atoms with Crippen molar-refractivity contribution in [1.82, 2.24) is 9.97 Å². The minimum Gasteiger partial charge on any atom is -0.456 e. The predicted molar refractivity (Wildman–Crippen MR) is 130 cm³/mol. The zero-order valence-corrected chi connectivity index (χ0v) is 17.6. The molecule has 0 aliphatic rings. The van der Waals surface area contributed by atoms with Crippen LogP contribution < -0.4 is 0 Å². The normalized spacial score (nSPS) is 11.3. The third-order valence-electron chi connectivity index (χ3n) is 5.80. The highest BCUT2D eigenvalue weighted by atomic mass is 16.3. The van der Waals surface area contributed by atoms with Gasteiger partial charge in [0.1, 0.15) is 17.0 Å². The number of para-hydroxylation sites is 1. The summed E-state index contributed by atoms with van der Waals surface area (Å²) in [6, 6.07) is 35.2.